The fourth-order valence-corrected chi connectivity index (χ4v) is 2.95. The molecule has 2 N–H and O–H groups in total. The van der Waals surface area contributed by atoms with Gasteiger partial charge in [0.1, 0.15) is 17.1 Å². The third-order valence-corrected chi connectivity index (χ3v) is 4.24. The Hall–Kier alpha value is -1.98. The lowest BCUT2D eigenvalue weighted by atomic mass is 9.97. The van der Waals surface area contributed by atoms with E-state index in [4.69, 9.17) is 4.42 Å². The number of rotatable bonds is 4. The van der Waals surface area contributed by atoms with Gasteiger partial charge in [-0.2, -0.15) is 0 Å². The number of esters is 1. The van der Waals surface area contributed by atoms with Crippen molar-refractivity contribution in [2.24, 2.45) is 0 Å². The van der Waals surface area contributed by atoms with Crippen molar-refractivity contribution < 1.29 is 18.7 Å². The van der Waals surface area contributed by atoms with E-state index < -0.39 is 5.97 Å². The van der Waals surface area contributed by atoms with Crippen molar-refractivity contribution in [3.8, 4) is 0 Å². The lowest BCUT2D eigenvalue weighted by Gasteiger charge is -2.21. The summed E-state index contributed by atoms with van der Waals surface area (Å²) in [5.41, 5.74) is 0.393. The van der Waals surface area contributed by atoms with Crippen molar-refractivity contribution in [1.82, 2.24) is 10.6 Å². The number of carbonyl (C=O) groups is 2. The predicted molar refractivity (Wildman–Crippen MR) is 86.3 cm³/mol. The molecule has 0 spiro atoms. The third-order valence-electron chi connectivity index (χ3n) is 4.24. The van der Waals surface area contributed by atoms with Crippen LogP contribution in [0.25, 0.3) is 0 Å². The minimum absolute atomic E-state index is 0.191. The first-order chi connectivity index (χ1) is 11.1. The summed E-state index contributed by atoms with van der Waals surface area (Å²) in [4.78, 5) is 23.5. The Kier molecular flexibility index (Phi) is 6.50. The van der Waals surface area contributed by atoms with Crippen LogP contribution in [0.3, 0.4) is 0 Å². The van der Waals surface area contributed by atoms with Crippen molar-refractivity contribution >= 4 is 12.0 Å². The molecule has 0 radical (unpaired) electrons. The van der Waals surface area contributed by atoms with Gasteiger partial charge in [0, 0.05) is 6.04 Å². The zero-order chi connectivity index (χ0) is 16.7. The molecule has 0 unspecified atom stereocenters. The van der Waals surface area contributed by atoms with Crippen LogP contribution in [-0.2, 0) is 11.3 Å². The molecule has 0 aliphatic heterocycles. The Labute approximate surface area is 137 Å². The molecule has 1 aliphatic carbocycles. The highest BCUT2D eigenvalue weighted by Crippen LogP contribution is 2.17. The molecule has 128 valence electrons. The zero-order valence-corrected chi connectivity index (χ0v) is 13.9. The van der Waals surface area contributed by atoms with Crippen LogP contribution in [0.15, 0.2) is 10.5 Å². The summed E-state index contributed by atoms with van der Waals surface area (Å²) < 4.78 is 10.2. The topological polar surface area (TPSA) is 80.6 Å². The molecule has 2 rings (SSSR count). The Bertz CT molecular complexity index is 531. The standard InChI is InChI=1S/C17H26N2O4/c1-12-15(16(20)22-2)10-14(23-12)11-18-17(21)19-13-8-6-4-3-5-7-9-13/h10,13H,3-9,11H2,1-2H3,(H2,18,19,21). The average Bonchev–Trinajstić information content (AvgIpc) is 2.88. The molecule has 2 amide bonds. The first-order valence-electron chi connectivity index (χ1n) is 8.32. The molecule has 0 bridgehead atoms. The number of ether oxygens (including phenoxy) is 1. The molecular weight excluding hydrogens is 296 g/mol. The lowest BCUT2D eigenvalue weighted by molar-refractivity contribution is 0.0598. The van der Waals surface area contributed by atoms with Crippen LogP contribution >= 0.6 is 0 Å². The predicted octanol–water partition coefficient (Wildman–Crippen LogP) is 3.29. The van der Waals surface area contributed by atoms with Crippen LogP contribution in [0, 0.1) is 6.92 Å². The fourth-order valence-electron chi connectivity index (χ4n) is 2.95. The van der Waals surface area contributed by atoms with Gasteiger partial charge in [-0.25, -0.2) is 9.59 Å². The first kappa shape index (κ1) is 17.4. The van der Waals surface area contributed by atoms with Crippen molar-refractivity contribution in [1.29, 1.82) is 0 Å². The Morgan fingerprint density at radius 2 is 1.87 bits per heavy atom. The minimum atomic E-state index is -0.434. The van der Waals surface area contributed by atoms with Gasteiger partial charge in [-0.15, -0.1) is 0 Å². The van der Waals surface area contributed by atoms with E-state index in [1.54, 1.807) is 13.0 Å². The zero-order valence-electron chi connectivity index (χ0n) is 13.9. The van der Waals surface area contributed by atoms with E-state index in [2.05, 4.69) is 15.4 Å². The number of aryl methyl sites for hydroxylation is 1. The maximum atomic E-state index is 12.0. The highest BCUT2D eigenvalue weighted by molar-refractivity contribution is 5.90. The van der Waals surface area contributed by atoms with Gasteiger partial charge in [0.25, 0.3) is 0 Å². The maximum absolute atomic E-state index is 12.0. The fraction of sp³-hybridized carbons (Fsp3) is 0.647. The maximum Gasteiger partial charge on any atom is 0.341 e. The number of furan rings is 1. The molecule has 0 atom stereocenters. The molecule has 1 aliphatic rings. The second-order valence-electron chi connectivity index (χ2n) is 6.04. The van der Waals surface area contributed by atoms with Crippen LogP contribution in [0.1, 0.15) is 66.8 Å². The number of nitrogens with one attached hydrogen (secondary N) is 2. The largest absolute Gasteiger partial charge is 0.465 e. The number of hydrogen-bond donors (Lipinski definition) is 2. The van der Waals surface area contributed by atoms with E-state index >= 15 is 0 Å². The summed E-state index contributed by atoms with van der Waals surface area (Å²) in [5, 5.41) is 5.81. The third kappa shape index (κ3) is 5.30. The monoisotopic (exact) mass is 322 g/mol. The minimum Gasteiger partial charge on any atom is -0.465 e. The lowest BCUT2D eigenvalue weighted by Crippen LogP contribution is -2.42. The molecule has 1 heterocycles. The van der Waals surface area contributed by atoms with Gasteiger partial charge in [0.2, 0.25) is 0 Å². The smallest absolute Gasteiger partial charge is 0.341 e. The summed E-state index contributed by atoms with van der Waals surface area (Å²) in [6.45, 7) is 1.95. The highest BCUT2D eigenvalue weighted by Gasteiger charge is 2.17. The van der Waals surface area contributed by atoms with E-state index in [0.717, 1.165) is 12.8 Å². The van der Waals surface area contributed by atoms with Gasteiger partial charge in [0.15, 0.2) is 0 Å². The number of methoxy groups -OCH3 is 1. The van der Waals surface area contributed by atoms with Gasteiger partial charge in [0.05, 0.1) is 13.7 Å². The van der Waals surface area contributed by atoms with Crippen molar-refractivity contribution in [2.45, 2.75) is 64.5 Å². The molecule has 1 aromatic heterocycles. The molecule has 0 aromatic carbocycles. The second-order valence-corrected chi connectivity index (χ2v) is 6.04. The normalized spacial score (nSPS) is 16.3. The van der Waals surface area contributed by atoms with Crippen LogP contribution in [0.2, 0.25) is 0 Å². The van der Waals surface area contributed by atoms with Crippen molar-refractivity contribution in [2.75, 3.05) is 7.11 Å². The number of urea groups is 1. The van der Waals surface area contributed by atoms with Gasteiger partial charge in [-0.1, -0.05) is 32.1 Å². The summed E-state index contributed by atoms with van der Waals surface area (Å²) in [6.07, 6.45) is 8.23. The van der Waals surface area contributed by atoms with Crippen LogP contribution < -0.4 is 10.6 Å². The van der Waals surface area contributed by atoms with Crippen LogP contribution in [-0.4, -0.2) is 25.2 Å². The van der Waals surface area contributed by atoms with Gasteiger partial charge in [-0.3, -0.25) is 0 Å². The molecule has 6 nitrogen and oxygen atoms in total. The van der Waals surface area contributed by atoms with Gasteiger partial charge >= 0.3 is 12.0 Å². The second kappa shape index (κ2) is 8.60. The molecule has 0 saturated heterocycles. The summed E-state index contributed by atoms with van der Waals surface area (Å²) in [5.74, 6) is 0.598. The Morgan fingerprint density at radius 1 is 1.22 bits per heavy atom. The first-order valence-corrected chi connectivity index (χ1v) is 8.32. The van der Waals surface area contributed by atoms with Gasteiger partial charge in [-0.05, 0) is 25.8 Å². The van der Waals surface area contributed by atoms with E-state index in [1.165, 1.54) is 39.2 Å². The Balaban J connectivity index is 1.80. The molecular formula is C17H26N2O4. The van der Waals surface area contributed by atoms with Crippen molar-refractivity contribution in [3.05, 3.63) is 23.2 Å². The van der Waals surface area contributed by atoms with Crippen LogP contribution in [0.4, 0.5) is 4.79 Å². The number of hydrogen-bond acceptors (Lipinski definition) is 4. The van der Waals surface area contributed by atoms with Crippen molar-refractivity contribution in [3.63, 3.8) is 0 Å². The van der Waals surface area contributed by atoms with E-state index in [-0.39, 0.29) is 18.6 Å². The van der Waals surface area contributed by atoms with Gasteiger partial charge < -0.3 is 19.8 Å². The quantitative estimate of drug-likeness (QED) is 0.834. The van der Waals surface area contributed by atoms with Crippen LogP contribution in [0.5, 0.6) is 0 Å². The average molecular weight is 322 g/mol. The molecule has 6 heteroatoms. The molecule has 1 saturated carbocycles. The molecule has 1 fully saturated rings. The summed E-state index contributed by atoms with van der Waals surface area (Å²) in [6, 6.07) is 1.67. The Morgan fingerprint density at radius 3 is 2.52 bits per heavy atom. The number of carbonyl (C=O) groups excluding carboxylic acids is 2. The SMILES string of the molecule is COC(=O)c1cc(CNC(=O)NC2CCCCCCC2)oc1C. The van der Waals surface area contributed by atoms with E-state index in [9.17, 15) is 9.59 Å². The van der Waals surface area contributed by atoms with E-state index in [0.29, 0.717) is 17.1 Å². The summed E-state index contributed by atoms with van der Waals surface area (Å²) in [7, 11) is 1.33. The highest BCUT2D eigenvalue weighted by atomic mass is 16.5. The molecule has 1 aromatic rings. The summed E-state index contributed by atoms with van der Waals surface area (Å²) >= 11 is 0. The molecule has 23 heavy (non-hydrogen) atoms. The van der Waals surface area contributed by atoms with E-state index in [1.807, 2.05) is 0 Å². The number of amides is 2.